The van der Waals surface area contributed by atoms with Gasteiger partial charge >= 0.3 is 29.6 Å². The number of carboxylic acids is 1. The molecule has 0 aliphatic carbocycles. The van der Waals surface area contributed by atoms with Crippen LogP contribution in [0.15, 0.2) is 39.1 Å². The van der Waals surface area contributed by atoms with Gasteiger partial charge < -0.3 is 14.8 Å². The zero-order valence-corrected chi connectivity index (χ0v) is 19.9. The first kappa shape index (κ1) is 23.7. The molecule has 0 radical (unpaired) electrons. The molecule has 144 valence electrons. The summed E-state index contributed by atoms with van der Waals surface area (Å²) in [4.78, 5) is 27.5. The minimum absolute atomic E-state index is 0. The molecule has 8 nitrogen and oxygen atoms in total. The monoisotopic (exact) mass is 468 g/mol. The molecular formula is C15H13N2NaO6S4. The second-order valence-corrected chi connectivity index (χ2v) is 9.87. The van der Waals surface area contributed by atoms with Gasteiger partial charge in [0, 0.05) is 11.4 Å². The average molecular weight is 469 g/mol. The second kappa shape index (κ2) is 9.47. The van der Waals surface area contributed by atoms with E-state index in [0.717, 1.165) is 27.2 Å². The molecular weight excluding hydrogens is 455 g/mol. The molecule has 0 unspecified atom stereocenters. The van der Waals surface area contributed by atoms with E-state index in [4.69, 9.17) is 16.8 Å². The van der Waals surface area contributed by atoms with Gasteiger partial charge in [-0.25, -0.2) is 0 Å². The topological polar surface area (TPSA) is 118 Å². The molecule has 2 heterocycles. The predicted octanol–water partition coefficient (Wildman–Crippen LogP) is -2.34. The Morgan fingerprint density at radius 1 is 1.21 bits per heavy atom. The number of nitrogens with zero attached hydrogens (tertiary/aromatic N) is 2. The molecule has 1 aromatic carbocycles. The van der Waals surface area contributed by atoms with Gasteiger partial charge in [-0.15, -0.1) is 0 Å². The first-order valence-corrected chi connectivity index (χ1v) is 11.3. The first-order chi connectivity index (χ1) is 12.7. The van der Waals surface area contributed by atoms with Crippen LogP contribution in [-0.4, -0.2) is 52.9 Å². The fourth-order valence-electron chi connectivity index (χ4n) is 2.62. The summed E-state index contributed by atoms with van der Waals surface area (Å²) in [6.07, 6.45) is 0.149. The second-order valence-electron chi connectivity index (χ2n) is 5.63. The van der Waals surface area contributed by atoms with Gasteiger partial charge in [-0.2, -0.15) is 8.42 Å². The summed E-state index contributed by atoms with van der Waals surface area (Å²) in [6.45, 7) is -0.370. The Kier molecular flexibility index (Phi) is 8.01. The molecule has 3 rings (SSSR count). The van der Waals surface area contributed by atoms with E-state index < -0.39 is 34.3 Å². The van der Waals surface area contributed by atoms with E-state index in [2.05, 4.69) is 0 Å². The van der Waals surface area contributed by atoms with E-state index in [1.165, 1.54) is 11.8 Å². The number of amides is 1. The molecule has 0 spiro atoms. The molecule has 0 saturated carbocycles. The van der Waals surface area contributed by atoms with Gasteiger partial charge in [-0.1, -0.05) is 47.9 Å². The summed E-state index contributed by atoms with van der Waals surface area (Å²) in [7, 11) is -4.09. The fourth-order valence-corrected chi connectivity index (χ4v) is 5.71. The molecule has 1 N–H and O–H groups in total. The number of carboxylic acid groups (broad SMARTS) is 1. The maximum absolute atomic E-state index is 12.7. The third kappa shape index (κ3) is 5.30. The van der Waals surface area contributed by atoms with Gasteiger partial charge in [0.05, 0.1) is 24.0 Å². The summed E-state index contributed by atoms with van der Waals surface area (Å²) in [5, 5.41) is 11.4. The Morgan fingerprint density at radius 3 is 2.54 bits per heavy atom. The standard InChI is InChI=1S/C15H14N2O6S4.Na/c18-11(19)8-17-13(20)12(26-15(17)24)14-16(6-3-7-27(21,22)23)9-4-1-2-5-10(9)25-14;/h1-2,4-5H,3,6-8H2,(H,18,19)(H,21,22,23);/q;+1/p-1/b14-12+;. The van der Waals surface area contributed by atoms with Crippen LogP contribution >= 0.6 is 35.7 Å². The van der Waals surface area contributed by atoms with Crippen molar-refractivity contribution < 1.29 is 57.2 Å². The Balaban J connectivity index is 0.00000280. The van der Waals surface area contributed by atoms with Crippen molar-refractivity contribution in [1.82, 2.24) is 4.90 Å². The molecule has 28 heavy (non-hydrogen) atoms. The minimum Gasteiger partial charge on any atom is -0.548 e. The number of fused-ring (bicyclic) bond motifs is 1. The van der Waals surface area contributed by atoms with Crippen molar-refractivity contribution in [3.05, 3.63) is 34.2 Å². The number of aliphatic carboxylic acids is 1. The van der Waals surface area contributed by atoms with Crippen LogP contribution in [0.1, 0.15) is 6.42 Å². The van der Waals surface area contributed by atoms with Crippen molar-refractivity contribution in [3.8, 4) is 0 Å². The van der Waals surface area contributed by atoms with Gasteiger partial charge in [-0.05, 0) is 18.6 Å². The molecule has 0 bridgehead atoms. The summed E-state index contributed by atoms with van der Waals surface area (Å²) >= 11 is 7.44. The summed E-state index contributed by atoms with van der Waals surface area (Å²) in [5.74, 6) is -2.34. The zero-order chi connectivity index (χ0) is 19.8. The number of benzene rings is 1. The van der Waals surface area contributed by atoms with Gasteiger partial charge in [-0.3, -0.25) is 14.2 Å². The van der Waals surface area contributed by atoms with Crippen molar-refractivity contribution in [1.29, 1.82) is 0 Å². The van der Waals surface area contributed by atoms with Gasteiger partial charge in [0.2, 0.25) is 0 Å². The number of anilines is 1. The SMILES string of the molecule is O=C([O-])CN1C(=O)/C(=C2\Sc3ccccc3N2CCCS(=O)(=O)O)SC1=S.[Na+]. The van der Waals surface area contributed by atoms with Crippen LogP contribution in [-0.2, 0) is 19.7 Å². The van der Waals surface area contributed by atoms with Crippen molar-refractivity contribution in [3.63, 3.8) is 0 Å². The van der Waals surface area contributed by atoms with Gasteiger partial charge in [0.15, 0.2) is 0 Å². The van der Waals surface area contributed by atoms with Crippen LogP contribution < -0.4 is 39.6 Å². The molecule has 2 aliphatic heterocycles. The normalized spacial score (nSPS) is 19.0. The fraction of sp³-hybridized carbons (Fsp3) is 0.267. The van der Waals surface area contributed by atoms with Crippen LogP contribution in [0.2, 0.25) is 0 Å². The van der Waals surface area contributed by atoms with Crippen LogP contribution in [0.4, 0.5) is 5.69 Å². The van der Waals surface area contributed by atoms with Gasteiger partial charge in [0.25, 0.3) is 16.0 Å². The molecule has 0 atom stereocenters. The van der Waals surface area contributed by atoms with E-state index >= 15 is 0 Å². The number of carbonyl (C=O) groups is 2. The summed E-state index contributed by atoms with van der Waals surface area (Å²) in [5.41, 5.74) is 0.804. The zero-order valence-electron chi connectivity index (χ0n) is 14.7. The van der Waals surface area contributed by atoms with Crippen molar-refractivity contribution in [2.24, 2.45) is 0 Å². The van der Waals surface area contributed by atoms with Crippen molar-refractivity contribution in [2.45, 2.75) is 11.3 Å². The molecule has 1 saturated heterocycles. The summed E-state index contributed by atoms with van der Waals surface area (Å²) in [6, 6.07) is 7.36. The van der Waals surface area contributed by atoms with E-state index in [0.29, 0.717) is 5.03 Å². The van der Waals surface area contributed by atoms with E-state index in [1.807, 2.05) is 24.3 Å². The molecule has 2 aliphatic rings. The third-order valence-electron chi connectivity index (χ3n) is 3.72. The number of carbonyl (C=O) groups excluding carboxylic acids is 2. The predicted molar refractivity (Wildman–Crippen MR) is 105 cm³/mol. The number of hydrogen-bond donors (Lipinski definition) is 1. The third-order valence-corrected chi connectivity index (χ3v) is 7.28. The van der Waals surface area contributed by atoms with E-state index in [-0.39, 0.29) is 51.7 Å². The Hall–Kier alpha value is -0.600. The number of thioether (sulfide) groups is 2. The van der Waals surface area contributed by atoms with E-state index in [1.54, 1.807) is 4.90 Å². The molecule has 13 heteroatoms. The largest absolute Gasteiger partial charge is 1.00 e. The molecule has 0 aromatic heterocycles. The van der Waals surface area contributed by atoms with Gasteiger partial charge in [0.1, 0.15) is 14.3 Å². The average Bonchev–Trinajstić information content (AvgIpc) is 3.06. The number of hydrogen-bond acceptors (Lipinski definition) is 9. The summed E-state index contributed by atoms with van der Waals surface area (Å²) < 4.78 is 31.1. The van der Waals surface area contributed by atoms with Crippen LogP contribution in [0, 0.1) is 0 Å². The van der Waals surface area contributed by atoms with Crippen LogP contribution in [0.25, 0.3) is 0 Å². The Labute approximate surface area is 197 Å². The minimum atomic E-state index is -4.09. The smallest absolute Gasteiger partial charge is 0.548 e. The quantitative estimate of drug-likeness (QED) is 0.211. The van der Waals surface area contributed by atoms with Crippen LogP contribution in [0.3, 0.4) is 0 Å². The van der Waals surface area contributed by atoms with Crippen LogP contribution in [0.5, 0.6) is 0 Å². The Bertz CT molecular complexity index is 965. The first-order valence-electron chi connectivity index (χ1n) is 7.65. The van der Waals surface area contributed by atoms with E-state index in [9.17, 15) is 23.1 Å². The molecule has 1 fully saturated rings. The van der Waals surface area contributed by atoms with Crippen molar-refractivity contribution >= 4 is 67.7 Å². The van der Waals surface area contributed by atoms with Crippen molar-refractivity contribution in [2.75, 3.05) is 23.7 Å². The maximum Gasteiger partial charge on any atom is 1.00 e. The molecule has 1 amide bonds. The Morgan fingerprint density at radius 2 is 1.89 bits per heavy atom. The molecule has 1 aromatic rings. The number of rotatable bonds is 6. The maximum atomic E-state index is 12.7. The number of thiocarbonyl (C=S) groups is 1. The number of para-hydroxylation sites is 1.